The van der Waals surface area contributed by atoms with Crippen molar-refractivity contribution in [3.8, 4) is 5.75 Å². The number of nitrogens with one attached hydrogen (secondary N) is 2. The normalized spacial score (nSPS) is 14.8. The molecule has 0 unspecified atom stereocenters. The maximum absolute atomic E-state index is 10.8. The third-order valence-electron chi connectivity index (χ3n) is 4.62. The van der Waals surface area contributed by atoms with E-state index in [2.05, 4.69) is 38.0 Å². The summed E-state index contributed by atoms with van der Waals surface area (Å²) in [5.41, 5.74) is 6.16. The minimum atomic E-state index is -0.488. The Morgan fingerprint density at radius 3 is 2.76 bits per heavy atom. The number of ether oxygens (including phenoxy) is 1. The number of hydrogen-bond acceptors (Lipinski definition) is 5. The van der Waals surface area contributed by atoms with Crippen LogP contribution in [0.25, 0.3) is 0 Å². The highest BCUT2D eigenvalue weighted by Gasteiger charge is 2.20. The number of nitrogens with zero attached hydrogens (tertiary/aromatic N) is 2. The largest absolute Gasteiger partial charge is 0.484 e. The Morgan fingerprint density at radius 1 is 1.31 bits per heavy atom. The molecule has 1 amide bonds. The van der Waals surface area contributed by atoms with Crippen molar-refractivity contribution in [2.24, 2.45) is 10.7 Å². The van der Waals surface area contributed by atoms with E-state index in [9.17, 15) is 4.79 Å². The summed E-state index contributed by atoms with van der Waals surface area (Å²) in [5.74, 6) is 0.929. The molecule has 0 spiro atoms. The lowest BCUT2D eigenvalue weighted by Gasteiger charge is -2.33. The first kappa shape index (κ1) is 23.3. The fraction of sp³-hybridized carbons (Fsp3) is 0.400. The number of hydrogen-bond donors (Lipinski definition) is 3. The van der Waals surface area contributed by atoms with Crippen molar-refractivity contribution in [1.29, 1.82) is 0 Å². The summed E-state index contributed by atoms with van der Waals surface area (Å²) in [7, 11) is 1.78. The van der Waals surface area contributed by atoms with E-state index in [0.717, 1.165) is 37.5 Å². The van der Waals surface area contributed by atoms with Gasteiger partial charge >= 0.3 is 0 Å². The molecule has 3 rings (SSSR count). The predicted octanol–water partition coefficient (Wildman–Crippen LogP) is 2.56. The second kappa shape index (κ2) is 11.9. The van der Waals surface area contributed by atoms with Crippen LogP contribution in [0, 0.1) is 0 Å². The van der Waals surface area contributed by atoms with Gasteiger partial charge in [0.15, 0.2) is 12.6 Å². The van der Waals surface area contributed by atoms with Crippen LogP contribution < -0.4 is 26.0 Å². The van der Waals surface area contributed by atoms with Crippen LogP contribution in [-0.4, -0.2) is 44.7 Å². The van der Waals surface area contributed by atoms with Crippen LogP contribution in [0.4, 0.5) is 5.00 Å². The molecule has 0 bridgehead atoms. The summed E-state index contributed by atoms with van der Waals surface area (Å²) in [6.07, 6.45) is 2.16. The molecule has 1 saturated heterocycles. The van der Waals surface area contributed by atoms with Crippen LogP contribution in [0.3, 0.4) is 0 Å². The number of carbonyl (C=O) groups excluding carboxylic acids is 1. The van der Waals surface area contributed by atoms with E-state index >= 15 is 0 Å². The molecule has 1 aliphatic rings. The van der Waals surface area contributed by atoms with Crippen molar-refractivity contribution < 1.29 is 9.53 Å². The van der Waals surface area contributed by atoms with Crippen LogP contribution in [-0.2, 0) is 11.3 Å². The molecular weight excluding hydrogens is 501 g/mol. The molecule has 0 atom stereocenters. The minimum absolute atomic E-state index is 0. The number of guanidine groups is 1. The first-order valence-corrected chi connectivity index (χ1v) is 10.3. The molecule has 0 radical (unpaired) electrons. The Labute approximate surface area is 192 Å². The van der Waals surface area contributed by atoms with Crippen LogP contribution in [0.1, 0.15) is 18.4 Å². The van der Waals surface area contributed by atoms with Gasteiger partial charge in [-0.3, -0.25) is 9.79 Å². The van der Waals surface area contributed by atoms with Gasteiger partial charge in [-0.25, -0.2) is 0 Å². The quantitative estimate of drug-likeness (QED) is 0.292. The summed E-state index contributed by atoms with van der Waals surface area (Å²) in [6, 6.07) is 12.3. The predicted molar refractivity (Wildman–Crippen MR) is 129 cm³/mol. The number of thiophene rings is 1. The number of benzene rings is 1. The lowest BCUT2D eigenvalue weighted by Crippen LogP contribution is -2.48. The van der Waals surface area contributed by atoms with E-state index in [-0.39, 0.29) is 30.6 Å². The number of nitrogens with two attached hydrogens (primary N) is 1. The summed E-state index contributed by atoms with van der Waals surface area (Å²) in [5, 5.41) is 10.3. The van der Waals surface area contributed by atoms with Gasteiger partial charge in [0.1, 0.15) is 5.75 Å². The maximum Gasteiger partial charge on any atom is 0.255 e. The lowest BCUT2D eigenvalue weighted by atomic mass is 10.1. The fourth-order valence-corrected chi connectivity index (χ4v) is 3.95. The molecule has 2 aromatic rings. The molecule has 1 fully saturated rings. The monoisotopic (exact) mass is 529 g/mol. The molecule has 0 saturated carbocycles. The Morgan fingerprint density at radius 2 is 2.10 bits per heavy atom. The summed E-state index contributed by atoms with van der Waals surface area (Å²) < 4.78 is 5.35. The smallest absolute Gasteiger partial charge is 0.255 e. The van der Waals surface area contributed by atoms with Crippen LogP contribution in [0.2, 0.25) is 0 Å². The number of aliphatic imine (C=N–C) groups is 1. The van der Waals surface area contributed by atoms with Gasteiger partial charge in [-0.2, -0.15) is 0 Å². The number of primary amides is 1. The Balaban J connectivity index is 0.00000300. The van der Waals surface area contributed by atoms with Crippen molar-refractivity contribution in [3.05, 3.63) is 47.3 Å². The Hall–Kier alpha value is -2.01. The van der Waals surface area contributed by atoms with Gasteiger partial charge < -0.3 is 26.0 Å². The number of carbonyl (C=O) groups is 1. The van der Waals surface area contributed by atoms with E-state index in [1.54, 1.807) is 24.5 Å². The van der Waals surface area contributed by atoms with E-state index in [1.165, 1.54) is 5.00 Å². The van der Waals surface area contributed by atoms with Crippen molar-refractivity contribution in [2.75, 3.05) is 31.6 Å². The Bertz CT molecular complexity index is 792. The number of rotatable bonds is 7. The molecule has 1 aromatic carbocycles. The molecule has 7 nitrogen and oxygen atoms in total. The van der Waals surface area contributed by atoms with Crippen LogP contribution in [0.5, 0.6) is 5.75 Å². The minimum Gasteiger partial charge on any atom is -0.484 e. The zero-order chi connectivity index (χ0) is 19.8. The van der Waals surface area contributed by atoms with Crippen molar-refractivity contribution in [3.63, 3.8) is 0 Å². The van der Waals surface area contributed by atoms with Gasteiger partial charge in [-0.15, -0.1) is 35.3 Å². The highest BCUT2D eigenvalue weighted by atomic mass is 127. The first-order chi connectivity index (χ1) is 13.6. The number of amides is 1. The molecule has 29 heavy (non-hydrogen) atoms. The van der Waals surface area contributed by atoms with Gasteiger partial charge in [-0.1, -0.05) is 12.1 Å². The Kier molecular flexibility index (Phi) is 9.52. The van der Waals surface area contributed by atoms with Gasteiger partial charge in [0.05, 0.1) is 5.00 Å². The van der Waals surface area contributed by atoms with E-state index in [1.807, 2.05) is 18.2 Å². The van der Waals surface area contributed by atoms with Crippen molar-refractivity contribution >= 4 is 52.2 Å². The zero-order valence-electron chi connectivity index (χ0n) is 16.5. The van der Waals surface area contributed by atoms with Gasteiger partial charge in [0.2, 0.25) is 0 Å². The second-order valence-electron chi connectivity index (χ2n) is 6.69. The molecule has 1 aromatic heterocycles. The van der Waals surface area contributed by atoms with Gasteiger partial charge in [0.25, 0.3) is 5.91 Å². The van der Waals surface area contributed by atoms with E-state index < -0.39 is 5.91 Å². The van der Waals surface area contributed by atoms with Crippen molar-refractivity contribution in [2.45, 2.75) is 25.4 Å². The van der Waals surface area contributed by atoms with Gasteiger partial charge in [-0.05, 0) is 48.1 Å². The SMILES string of the molecule is CN=C(NCc1cccc(OCC(N)=O)c1)NC1CCN(c2cccs2)CC1.I. The molecule has 2 heterocycles. The zero-order valence-corrected chi connectivity index (χ0v) is 19.6. The highest BCUT2D eigenvalue weighted by molar-refractivity contribution is 14.0. The molecule has 0 aliphatic carbocycles. The molecule has 158 valence electrons. The van der Waals surface area contributed by atoms with Crippen molar-refractivity contribution in [1.82, 2.24) is 10.6 Å². The topological polar surface area (TPSA) is 92.0 Å². The second-order valence-corrected chi connectivity index (χ2v) is 7.61. The van der Waals surface area contributed by atoms with E-state index in [0.29, 0.717) is 18.3 Å². The van der Waals surface area contributed by atoms with Crippen LogP contribution in [0.15, 0.2) is 46.8 Å². The lowest BCUT2D eigenvalue weighted by molar-refractivity contribution is -0.119. The standard InChI is InChI=1S/C20H27N5O2S.HI/c1-22-20(23-13-15-4-2-5-17(12-15)27-14-18(21)26)24-16-7-9-25(10-8-16)19-6-3-11-28-19;/h2-6,11-12,16H,7-10,13-14H2,1H3,(H2,21,26)(H2,22,23,24);1H. The summed E-state index contributed by atoms with van der Waals surface area (Å²) >= 11 is 1.79. The molecule has 9 heteroatoms. The molecule has 4 N–H and O–H groups in total. The number of anilines is 1. The third-order valence-corrected chi connectivity index (χ3v) is 5.55. The van der Waals surface area contributed by atoms with E-state index in [4.69, 9.17) is 10.5 Å². The first-order valence-electron chi connectivity index (χ1n) is 9.39. The maximum atomic E-state index is 10.8. The fourth-order valence-electron chi connectivity index (χ4n) is 3.17. The summed E-state index contributed by atoms with van der Waals surface area (Å²) in [4.78, 5) is 17.6. The molecular formula is C20H28IN5O2S. The van der Waals surface area contributed by atoms with Crippen LogP contribution >= 0.6 is 35.3 Å². The highest BCUT2D eigenvalue weighted by Crippen LogP contribution is 2.24. The molecule has 1 aliphatic heterocycles. The number of piperidine rings is 1. The average molecular weight is 529 g/mol. The summed E-state index contributed by atoms with van der Waals surface area (Å²) in [6.45, 7) is 2.59. The van der Waals surface area contributed by atoms with Gasteiger partial charge in [0, 0.05) is 32.7 Å². The third kappa shape index (κ3) is 7.39. The number of halogens is 1. The average Bonchev–Trinajstić information content (AvgIpc) is 3.25.